The van der Waals surface area contributed by atoms with E-state index in [1.807, 2.05) is 12.3 Å². The van der Waals surface area contributed by atoms with E-state index in [0.29, 0.717) is 6.04 Å². The van der Waals surface area contributed by atoms with Gasteiger partial charge in [-0.2, -0.15) is 0 Å². The molecule has 3 rings (SSSR count). The highest BCUT2D eigenvalue weighted by Crippen LogP contribution is 2.33. The average molecular weight is 240 g/mol. The molecule has 0 spiro atoms. The van der Waals surface area contributed by atoms with E-state index in [4.69, 9.17) is 0 Å². The fraction of sp³-hybridized carbons (Fsp3) is 0.267. The average Bonchev–Trinajstić information content (AvgIpc) is 2.78. The number of aromatic nitrogens is 1. The molecule has 2 aromatic rings. The van der Waals surface area contributed by atoms with Gasteiger partial charge in [-0.1, -0.05) is 24.3 Å². The van der Waals surface area contributed by atoms with Crippen LogP contribution in [0.4, 0.5) is 5.69 Å². The van der Waals surface area contributed by atoms with Crippen molar-refractivity contribution in [1.82, 2.24) is 4.57 Å². The maximum atomic E-state index is 11.3. The number of hydrogen-bond acceptors (Lipinski definition) is 2. The summed E-state index contributed by atoms with van der Waals surface area (Å²) in [5.41, 5.74) is 3.83. The molecule has 1 aliphatic rings. The van der Waals surface area contributed by atoms with E-state index in [1.54, 1.807) is 17.7 Å². The highest BCUT2D eigenvalue weighted by Gasteiger charge is 2.21. The molecule has 0 bridgehead atoms. The van der Waals surface area contributed by atoms with Gasteiger partial charge in [0.15, 0.2) is 0 Å². The van der Waals surface area contributed by atoms with Crippen molar-refractivity contribution >= 4 is 5.69 Å². The van der Waals surface area contributed by atoms with Crippen LogP contribution < -0.4 is 10.9 Å². The summed E-state index contributed by atoms with van der Waals surface area (Å²) in [6, 6.07) is 12.4. The van der Waals surface area contributed by atoms with Crippen molar-refractivity contribution in [3.8, 4) is 0 Å². The van der Waals surface area contributed by atoms with Gasteiger partial charge in [0.25, 0.3) is 0 Å². The molecule has 0 saturated carbocycles. The first-order valence-electron chi connectivity index (χ1n) is 6.25. The molecule has 1 atom stereocenters. The van der Waals surface area contributed by atoms with Crippen LogP contribution in [0.3, 0.4) is 0 Å². The quantitative estimate of drug-likeness (QED) is 0.875. The molecule has 3 nitrogen and oxygen atoms in total. The molecule has 0 fully saturated rings. The molecule has 92 valence electrons. The van der Waals surface area contributed by atoms with E-state index in [0.717, 1.165) is 18.5 Å². The molecule has 0 aliphatic heterocycles. The Morgan fingerprint density at radius 1 is 1.22 bits per heavy atom. The van der Waals surface area contributed by atoms with Crippen LogP contribution in [0, 0.1) is 0 Å². The molecule has 1 N–H and O–H groups in total. The van der Waals surface area contributed by atoms with Crippen molar-refractivity contribution in [2.45, 2.75) is 18.9 Å². The molecule has 18 heavy (non-hydrogen) atoms. The number of aryl methyl sites for hydroxylation is 2. The fourth-order valence-electron chi connectivity index (χ4n) is 2.59. The van der Waals surface area contributed by atoms with Gasteiger partial charge in [-0.15, -0.1) is 0 Å². The zero-order chi connectivity index (χ0) is 12.5. The summed E-state index contributed by atoms with van der Waals surface area (Å²) in [7, 11) is 1.77. The first-order chi connectivity index (χ1) is 8.74. The van der Waals surface area contributed by atoms with Gasteiger partial charge in [-0.3, -0.25) is 4.79 Å². The van der Waals surface area contributed by atoms with Crippen LogP contribution in [-0.4, -0.2) is 4.57 Å². The van der Waals surface area contributed by atoms with Crippen LogP contribution in [0.25, 0.3) is 0 Å². The molecule has 1 unspecified atom stereocenters. The summed E-state index contributed by atoms with van der Waals surface area (Å²) in [6.07, 6.45) is 4.09. The number of pyridine rings is 1. The highest BCUT2D eigenvalue weighted by atomic mass is 16.1. The van der Waals surface area contributed by atoms with Gasteiger partial charge in [-0.25, -0.2) is 0 Å². The Kier molecular flexibility index (Phi) is 2.67. The second-order valence-electron chi connectivity index (χ2n) is 4.80. The largest absolute Gasteiger partial charge is 0.377 e. The second kappa shape index (κ2) is 4.33. The summed E-state index contributed by atoms with van der Waals surface area (Å²) in [5, 5.41) is 3.51. The Labute approximate surface area is 106 Å². The number of rotatable bonds is 2. The van der Waals surface area contributed by atoms with Crippen molar-refractivity contribution in [3.63, 3.8) is 0 Å². The molecule has 0 radical (unpaired) electrons. The molecule has 1 aromatic heterocycles. The summed E-state index contributed by atoms with van der Waals surface area (Å²) < 4.78 is 1.60. The van der Waals surface area contributed by atoms with Gasteiger partial charge in [0.2, 0.25) is 5.56 Å². The molecular formula is C15H16N2O. The standard InChI is InChI=1S/C15H16N2O/c1-17-10-12(7-9-15(17)18)16-14-8-6-11-4-2-3-5-13(11)14/h2-5,7,9-10,14,16H,6,8H2,1H3. The van der Waals surface area contributed by atoms with Crippen molar-refractivity contribution in [2.75, 3.05) is 5.32 Å². The van der Waals surface area contributed by atoms with E-state index in [2.05, 4.69) is 29.6 Å². The normalized spacial score (nSPS) is 17.5. The van der Waals surface area contributed by atoms with E-state index >= 15 is 0 Å². The Balaban J connectivity index is 1.86. The lowest BCUT2D eigenvalue weighted by atomic mass is 10.1. The van der Waals surface area contributed by atoms with Crippen LogP contribution in [-0.2, 0) is 13.5 Å². The minimum absolute atomic E-state index is 0.0207. The van der Waals surface area contributed by atoms with Crippen molar-refractivity contribution in [3.05, 3.63) is 64.1 Å². The predicted octanol–water partition coefficient (Wildman–Crippen LogP) is 2.48. The van der Waals surface area contributed by atoms with Crippen LogP contribution in [0.5, 0.6) is 0 Å². The van der Waals surface area contributed by atoms with E-state index in [-0.39, 0.29) is 5.56 Å². The Bertz CT molecular complexity index is 630. The number of anilines is 1. The van der Waals surface area contributed by atoms with E-state index in [1.165, 1.54) is 11.1 Å². The SMILES string of the molecule is Cn1cc(NC2CCc3ccccc32)ccc1=O. The number of benzene rings is 1. The summed E-state index contributed by atoms with van der Waals surface area (Å²) in [4.78, 5) is 11.3. The smallest absolute Gasteiger partial charge is 0.250 e. The third-order valence-corrected chi connectivity index (χ3v) is 3.56. The fourth-order valence-corrected chi connectivity index (χ4v) is 2.59. The molecule has 1 aromatic carbocycles. The van der Waals surface area contributed by atoms with Crippen molar-refractivity contribution in [2.24, 2.45) is 7.05 Å². The first kappa shape index (κ1) is 11.1. The Morgan fingerprint density at radius 2 is 2.06 bits per heavy atom. The molecule has 0 saturated heterocycles. The maximum Gasteiger partial charge on any atom is 0.250 e. The maximum absolute atomic E-state index is 11.3. The lowest BCUT2D eigenvalue weighted by molar-refractivity contribution is 0.756. The zero-order valence-corrected chi connectivity index (χ0v) is 10.4. The van der Waals surface area contributed by atoms with Crippen molar-refractivity contribution in [1.29, 1.82) is 0 Å². The van der Waals surface area contributed by atoms with Gasteiger partial charge < -0.3 is 9.88 Å². The Morgan fingerprint density at radius 3 is 2.89 bits per heavy atom. The van der Waals surface area contributed by atoms with E-state index < -0.39 is 0 Å². The third-order valence-electron chi connectivity index (χ3n) is 3.56. The van der Waals surface area contributed by atoms with E-state index in [9.17, 15) is 4.79 Å². The van der Waals surface area contributed by atoms with Crippen LogP contribution >= 0.6 is 0 Å². The number of hydrogen-bond donors (Lipinski definition) is 1. The van der Waals surface area contributed by atoms with Gasteiger partial charge in [-0.05, 0) is 30.0 Å². The van der Waals surface area contributed by atoms with Gasteiger partial charge in [0.05, 0.1) is 11.7 Å². The zero-order valence-electron chi connectivity index (χ0n) is 10.4. The van der Waals surface area contributed by atoms with Crippen molar-refractivity contribution < 1.29 is 0 Å². The molecule has 0 amide bonds. The first-order valence-corrected chi connectivity index (χ1v) is 6.25. The lowest BCUT2D eigenvalue weighted by Gasteiger charge is -2.15. The number of nitrogens with zero attached hydrogens (tertiary/aromatic N) is 1. The second-order valence-corrected chi connectivity index (χ2v) is 4.80. The van der Waals surface area contributed by atoms with Crippen LogP contribution in [0.1, 0.15) is 23.6 Å². The van der Waals surface area contributed by atoms with Crippen LogP contribution in [0.15, 0.2) is 47.4 Å². The number of fused-ring (bicyclic) bond motifs is 1. The number of nitrogens with one attached hydrogen (secondary N) is 1. The lowest BCUT2D eigenvalue weighted by Crippen LogP contribution is -2.16. The summed E-state index contributed by atoms with van der Waals surface area (Å²) in [5.74, 6) is 0. The van der Waals surface area contributed by atoms with Gasteiger partial charge in [0, 0.05) is 19.3 Å². The molecule has 1 aliphatic carbocycles. The molecular weight excluding hydrogens is 224 g/mol. The summed E-state index contributed by atoms with van der Waals surface area (Å²) in [6.45, 7) is 0. The third kappa shape index (κ3) is 1.92. The predicted molar refractivity (Wildman–Crippen MR) is 72.8 cm³/mol. The summed E-state index contributed by atoms with van der Waals surface area (Å²) >= 11 is 0. The highest BCUT2D eigenvalue weighted by molar-refractivity contribution is 5.46. The topological polar surface area (TPSA) is 34.0 Å². The molecule has 1 heterocycles. The minimum Gasteiger partial charge on any atom is -0.377 e. The molecule has 3 heteroatoms. The Hall–Kier alpha value is -2.03. The monoisotopic (exact) mass is 240 g/mol. The minimum atomic E-state index is 0.0207. The van der Waals surface area contributed by atoms with Crippen LogP contribution in [0.2, 0.25) is 0 Å². The van der Waals surface area contributed by atoms with Gasteiger partial charge >= 0.3 is 0 Å². The van der Waals surface area contributed by atoms with Gasteiger partial charge in [0.1, 0.15) is 0 Å².